The molecule has 0 aliphatic carbocycles. The third kappa shape index (κ3) is 3.83. The molecular weight excluding hydrogens is 362 g/mol. The fraction of sp³-hybridized carbons (Fsp3) is 0.368. The van der Waals surface area contributed by atoms with Gasteiger partial charge in [-0.05, 0) is 24.5 Å². The van der Waals surface area contributed by atoms with Gasteiger partial charge in [0.15, 0.2) is 0 Å². The zero-order chi connectivity index (χ0) is 20.3. The Kier molecular flexibility index (Phi) is 5.62. The molecule has 0 radical (unpaired) electrons. The molecule has 1 fully saturated rings. The largest absolute Gasteiger partial charge is 0.366 e. The number of rotatable bonds is 6. The van der Waals surface area contributed by atoms with E-state index in [9.17, 15) is 19.2 Å². The molecule has 9 heteroatoms. The number of nitrogens with two attached hydrogens (primary N) is 1. The van der Waals surface area contributed by atoms with E-state index in [1.165, 1.54) is 17.7 Å². The number of anilines is 1. The second-order valence-electron chi connectivity index (χ2n) is 6.86. The van der Waals surface area contributed by atoms with Crippen LogP contribution < -0.4 is 27.2 Å². The fourth-order valence-electron chi connectivity index (χ4n) is 3.56. The SMILES string of the molecule is Cn1c(=O)cc(N2CCC[C@@H](NC=O)C2)n(Cc2ccccc2C(N)=O)c1=O. The molecule has 1 aliphatic rings. The summed E-state index contributed by atoms with van der Waals surface area (Å²) in [5.41, 5.74) is 5.49. The number of benzene rings is 1. The molecule has 3 N–H and O–H groups in total. The van der Waals surface area contributed by atoms with Crippen molar-refractivity contribution in [2.24, 2.45) is 12.8 Å². The lowest BCUT2D eigenvalue weighted by Gasteiger charge is -2.35. The Hall–Kier alpha value is -3.36. The van der Waals surface area contributed by atoms with Gasteiger partial charge in [-0.3, -0.25) is 23.5 Å². The van der Waals surface area contributed by atoms with E-state index >= 15 is 0 Å². The number of hydrogen-bond acceptors (Lipinski definition) is 5. The molecule has 0 saturated carbocycles. The second kappa shape index (κ2) is 8.12. The highest BCUT2D eigenvalue weighted by Gasteiger charge is 2.23. The van der Waals surface area contributed by atoms with Crippen LogP contribution in [0.3, 0.4) is 0 Å². The van der Waals surface area contributed by atoms with E-state index in [1.54, 1.807) is 24.3 Å². The summed E-state index contributed by atoms with van der Waals surface area (Å²) in [6, 6.07) is 8.16. The number of carbonyl (C=O) groups is 2. The van der Waals surface area contributed by atoms with Crippen LogP contribution in [0.4, 0.5) is 5.82 Å². The van der Waals surface area contributed by atoms with E-state index in [-0.39, 0.29) is 12.6 Å². The van der Waals surface area contributed by atoms with Gasteiger partial charge in [-0.15, -0.1) is 0 Å². The van der Waals surface area contributed by atoms with Crippen LogP contribution in [0.15, 0.2) is 39.9 Å². The minimum atomic E-state index is -0.580. The van der Waals surface area contributed by atoms with Gasteiger partial charge < -0.3 is 16.0 Å². The van der Waals surface area contributed by atoms with Gasteiger partial charge in [-0.2, -0.15) is 0 Å². The summed E-state index contributed by atoms with van der Waals surface area (Å²) in [5, 5.41) is 2.76. The van der Waals surface area contributed by atoms with Gasteiger partial charge in [-0.25, -0.2) is 4.79 Å². The smallest absolute Gasteiger partial charge is 0.332 e. The van der Waals surface area contributed by atoms with Crippen molar-refractivity contribution in [2.45, 2.75) is 25.4 Å². The van der Waals surface area contributed by atoms with Crippen molar-refractivity contribution >= 4 is 18.1 Å². The molecule has 1 aromatic carbocycles. The Morgan fingerprint density at radius 1 is 1.32 bits per heavy atom. The van der Waals surface area contributed by atoms with Gasteiger partial charge in [0.2, 0.25) is 12.3 Å². The first-order valence-corrected chi connectivity index (χ1v) is 9.05. The predicted octanol–water partition coefficient (Wildman–Crippen LogP) is -0.591. The van der Waals surface area contributed by atoms with Crippen molar-refractivity contribution < 1.29 is 9.59 Å². The Labute approximate surface area is 161 Å². The van der Waals surface area contributed by atoms with Crippen molar-refractivity contribution in [1.82, 2.24) is 14.5 Å². The van der Waals surface area contributed by atoms with E-state index in [0.717, 1.165) is 17.4 Å². The van der Waals surface area contributed by atoms with Crippen molar-refractivity contribution in [2.75, 3.05) is 18.0 Å². The summed E-state index contributed by atoms with van der Waals surface area (Å²) in [5.74, 6) is -0.118. The molecule has 148 valence electrons. The molecule has 2 aromatic rings. The molecule has 1 atom stereocenters. The zero-order valence-corrected chi connectivity index (χ0v) is 15.6. The maximum absolute atomic E-state index is 12.9. The van der Waals surface area contributed by atoms with Gasteiger partial charge in [-0.1, -0.05) is 18.2 Å². The molecule has 3 rings (SSSR count). The van der Waals surface area contributed by atoms with Gasteiger partial charge in [0.05, 0.1) is 6.54 Å². The van der Waals surface area contributed by atoms with Crippen LogP contribution in [-0.4, -0.2) is 40.6 Å². The van der Waals surface area contributed by atoms with Crippen LogP contribution in [-0.2, 0) is 18.4 Å². The molecule has 0 unspecified atom stereocenters. The summed E-state index contributed by atoms with van der Waals surface area (Å²) >= 11 is 0. The average Bonchev–Trinajstić information content (AvgIpc) is 2.69. The normalized spacial score (nSPS) is 16.6. The lowest BCUT2D eigenvalue weighted by Crippen LogP contribution is -2.49. The van der Waals surface area contributed by atoms with Crippen molar-refractivity contribution in [3.63, 3.8) is 0 Å². The number of nitrogens with one attached hydrogen (secondary N) is 1. The van der Waals surface area contributed by atoms with Crippen LogP contribution in [0.25, 0.3) is 0 Å². The highest BCUT2D eigenvalue weighted by Crippen LogP contribution is 2.19. The van der Waals surface area contributed by atoms with Crippen molar-refractivity contribution in [3.8, 4) is 0 Å². The molecule has 1 aliphatic heterocycles. The van der Waals surface area contributed by atoms with Crippen molar-refractivity contribution in [1.29, 1.82) is 0 Å². The first kappa shape index (κ1) is 19.4. The number of primary amides is 1. The number of piperidine rings is 1. The number of aromatic nitrogens is 2. The first-order valence-electron chi connectivity index (χ1n) is 9.05. The summed E-state index contributed by atoms with van der Waals surface area (Å²) in [7, 11) is 1.41. The zero-order valence-electron chi connectivity index (χ0n) is 15.6. The van der Waals surface area contributed by atoms with E-state index in [4.69, 9.17) is 5.73 Å². The predicted molar refractivity (Wildman–Crippen MR) is 104 cm³/mol. The highest BCUT2D eigenvalue weighted by atomic mass is 16.2. The van der Waals surface area contributed by atoms with Crippen LogP contribution in [0.1, 0.15) is 28.8 Å². The number of amides is 2. The topological polar surface area (TPSA) is 119 Å². The second-order valence-corrected chi connectivity index (χ2v) is 6.86. The number of hydrogen-bond donors (Lipinski definition) is 2. The van der Waals surface area contributed by atoms with Crippen molar-refractivity contribution in [3.05, 3.63) is 62.3 Å². The minimum Gasteiger partial charge on any atom is -0.366 e. The van der Waals surface area contributed by atoms with Gasteiger partial charge in [0.25, 0.3) is 5.56 Å². The monoisotopic (exact) mass is 385 g/mol. The molecule has 2 amide bonds. The Morgan fingerprint density at radius 2 is 2.07 bits per heavy atom. The maximum Gasteiger partial charge on any atom is 0.332 e. The molecule has 28 heavy (non-hydrogen) atoms. The summed E-state index contributed by atoms with van der Waals surface area (Å²) in [6.07, 6.45) is 2.30. The van der Waals surface area contributed by atoms with Crippen LogP contribution in [0.2, 0.25) is 0 Å². The highest BCUT2D eigenvalue weighted by molar-refractivity contribution is 5.94. The lowest BCUT2D eigenvalue weighted by molar-refractivity contribution is -0.110. The minimum absolute atomic E-state index is 0.0585. The molecular formula is C19H23N5O4. The van der Waals surface area contributed by atoms with Gasteiger partial charge in [0, 0.05) is 37.8 Å². The summed E-state index contributed by atoms with van der Waals surface area (Å²) in [4.78, 5) is 49.6. The Morgan fingerprint density at radius 3 is 2.79 bits per heavy atom. The Balaban J connectivity index is 2.07. The molecule has 1 saturated heterocycles. The summed E-state index contributed by atoms with van der Waals surface area (Å²) < 4.78 is 2.49. The maximum atomic E-state index is 12.9. The van der Waals surface area contributed by atoms with Gasteiger partial charge in [0.1, 0.15) is 5.82 Å². The van der Waals surface area contributed by atoms with Gasteiger partial charge >= 0.3 is 5.69 Å². The number of carbonyl (C=O) groups excluding carboxylic acids is 2. The fourth-order valence-corrected chi connectivity index (χ4v) is 3.56. The van der Waals surface area contributed by atoms with Crippen LogP contribution >= 0.6 is 0 Å². The van der Waals surface area contributed by atoms with E-state index in [2.05, 4.69) is 5.32 Å². The summed E-state index contributed by atoms with van der Waals surface area (Å²) in [6.45, 7) is 1.24. The lowest BCUT2D eigenvalue weighted by atomic mass is 10.1. The Bertz CT molecular complexity index is 1010. The van der Waals surface area contributed by atoms with E-state index < -0.39 is 17.2 Å². The number of nitrogens with zero attached hydrogens (tertiary/aromatic N) is 3. The van der Waals surface area contributed by atoms with E-state index in [1.807, 2.05) is 4.90 Å². The first-order chi connectivity index (χ1) is 13.4. The average molecular weight is 385 g/mol. The standard InChI is InChI=1S/C19H23N5O4/c1-22-17(26)9-16(23-8-4-6-14(11-23)21-12-25)24(19(22)28)10-13-5-2-3-7-15(13)18(20)27/h2-3,5,7,9,12,14H,4,6,8,10-11H2,1H3,(H2,20,27)(H,21,25)/t14-/m1/s1. The molecule has 1 aromatic heterocycles. The quantitative estimate of drug-likeness (QED) is 0.644. The van der Waals surface area contributed by atoms with E-state index in [0.29, 0.717) is 36.4 Å². The molecule has 9 nitrogen and oxygen atoms in total. The third-order valence-electron chi connectivity index (χ3n) is 5.04. The molecule has 2 heterocycles. The van der Waals surface area contributed by atoms with Crippen LogP contribution in [0.5, 0.6) is 0 Å². The van der Waals surface area contributed by atoms with Crippen LogP contribution in [0, 0.1) is 0 Å². The molecule has 0 bridgehead atoms. The molecule has 0 spiro atoms. The third-order valence-corrected chi connectivity index (χ3v) is 5.04.